The second-order valence-corrected chi connectivity index (χ2v) is 11.7. The van der Waals surface area contributed by atoms with Crippen LogP contribution < -0.4 is 0 Å². The van der Waals surface area contributed by atoms with E-state index in [2.05, 4.69) is 0 Å². The van der Waals surface area contributed by atoms with Crippen molar-refractivity contribution in [2.24, 2.45) is 0 Å². The van der Waals surface area contributed by atoms with Crippen LogP contribution in [-0.2, 0) is 25.1 Å². The highest BCUT2D eigenvalue weighted by molar-refractivity contribution is 8.13. The van der Waals surface area contributed by atoms with Crippen molar-refractivity contribution in [3.05, 3.63) is 65.9 Å². The Balaban J connectivity index is 1.98. The first kappa shape index (κ1) is 26.3. The predicted octanol–water partition coefficient (Wildman–Crippen LogP) is 5.61. The van der Waals surface area contributed by atoms with E-state index in [9.17, 15) is 27.1 Å². The zero-order valence-corrected chi connectivity index (χ0v) is 21.3. The topological polar surface area (TPSA) is 85.6 Å². The molecule has 6 nitrogen and oxygen atoms in total. The molecule has 36 heavy (non-hydrogen) atoms. The normalized spacial score (nSPS) is 18.5. The first-order valence-corrected chi connectivity index (χ1v) is 13.9. The maximum atomic E-state index is 13.8. The van der Waals surface area contributed by atoms with Crippen LogP contribution in [-0.4, -0.2) is 36.3 Å². The molecule has 2 atom stereocenters. The average Bonchev–Trinajstić information content (AvgIpc) is 3.14. The van der Waals surface area contributed by atoms with Crippen molar-refractivity contribution in [3.63, 3.8) is 0 Å². The fourth-order valence-electron chi connectivity index (χ4n) is 4.77. The first-order chi connectivity index (χ1) is 17.0. The molecule has 1 aliphatic rings. The number of carbonyl (C=O) groups excluding carboxylic acids is 1. The molecule has 3 aromatic rings. The van der Waals surface area contributed by atoms with Crippen molar-refractivity contribution in [1.29, 1.82) is 0 Å². The number of aliphatic hydroxyl groups excluding tert-OH is 1. The van der Waals surface area contributed by atoms with Crippen LogP contribution in [0, 0.1) is 11.6 Å². The minimum atomic E-state index is -4.29. The number of halogens is 3. The number of aromatic nitrogens is 1. The van der Waals surface area contributed by atoms with Crippen molar-refractivity contribution in [1.82, 2.24) is 4.57 Å². The van der Waals surface area contributed by atoms with Gasteiger partial charge in [-0.1, -0.05) is 26.0 Å². The van der Waals surface area contributed by atoms with Gasteiger partial charge in [0, 0.05) is 41.3 Å². The highest BCUT2D eigenvalue weighted by Gasteiger charge is 2.34. The molecule has 1 saturated heterocycles. The number of hydrogen-bond acceptors (Lipinski definition) is 5. The third-order valence-electron chi connectivity index (χ3n) is 6.21. The standard InChI is InChI=1S/C26H26ClF2NO5S/c1-15(2)24-26(36(27,33)34)23(16-3-7-18(28)8-4-16)25(17-5-9-19(29)10-6-17)30(24)12-11-21-13-20(31)14-22(32)35-21/h3-10,15,20-21,31H,11-14H2,1-2H3/t20-,21-/m1/s1. The Hall–Kier alpha value is -2.75. The van der Waals surface area contributed by atoms with Crippen LogP contribution in [0.4, 0.5) is 8.78 Å². The van der Waals surface area contributed by atoms with Crippen molar-refractivity contribution in [3.8, 4) is 22.4 Å². The summed E-state index contributed by atoms with van der Waals surface area (Å²) in [6.07, 6.45) is -0.871. The molecule has 0 aliphatic carbocycles. The van der Waals surface area contributed by atoms with Crippen LogP contribution in [0.25, 0.3) is 22.4 Å². The molecule has 0 saturated carbocycles. The average molecular weight is 538 g/mol. The number of esters is 1. The minimum absolute atomic E-state index is 0.0680. The Morgan fingerprint density at radius 3 is 2.11 bits per heavy atom. The Morgan fingerprint density at radius 2 is 1.61 bits per heavy atom. The van der Waals surface area contributed by atoms with Crippen molar-refractivity contribution < 1.29 is 31.8 Å². The largest absolute Gasteiger partial charge is 0.462 e. The number of hydrogen-bond donors (Lipinski definition) is 1. The van der Waals surface area contributed by atoms with Gasteiger partial charge in [-0.2, -0.15) is 0 Å². The van der Waals surface area contributed by atoms with E-state index in [4.69, 9.17) is 15.4 Å². The van der Waals surface area contributed by atoms with Gasteiger partial charge in [0.2, 0.25) is 0 Å². The van der Waals surface area contributed by atoms with Crippen LogP contribution in [0.2, 0.25) is 0 Å². The van der Waals surface area contributed by atoms with E-state index in [1.807, 2.05) is 13.8 Å². The van der Waals surface area contributed by atoms with Crippen molar-refractivity contribution in [2.75, 3.05) is 0 Å². The third-order valence-corrected chi connectivity index (χ3v) is 7.57. The lowest BCUT2D eigenvalue weighted by molar-refractivity contribution is -0.160. The molecule has 2 aromatic carbocycles. The summed E-state index contributed by atoms with van der Waals surface area (Å²) in [6.45, 7) is 3.88. The molecular formula is C26H26ClF2NO5S. The van der Waals surface area contributed by atoms with E-state index in [-0.39, 0.29) is 35.8 Å². The second kappa shape index (κ2) is 10.3. The van der Waals surface area contributed by atoms with E-state index in [0.717, 1.165) is 0 Å². The monoisotopic (exact) mass is 537 g/mol. The highest BCUT2D eigenvalue weighted by atomic mass is 35.7. The first-order valence-electron chi connectivity index (χ1n) is 11.6. The number of benzene rings is 2. The lowest BCUT2D eigenvalue weighted by Crippen LogP contribution is -2.33. The summed E-state index contributed by atoms with van der Waals surface area (Å²) in [6, 6.07) is 11.0. The van der Waals surface area contributed by atoms with Crippen LogP contribution in [0.3, 0.4) is 0 Å². The second-order valence-electron chi connectivity index (χ2n) is 9.19. The summed E-state index contributed by atoms with van der Waals surface area (Å²) in [7, 11) is 1.71. The molecule has 0 radical (unpaired) electrons. The zero-order valence-electron chi connectivity index (χ0n) is 19.7. The number of cyclic esters (lactones) is 1. The van der Waals surface area contributed by atoms with Crippen molar-refractivity contribution in [2.45, 2.75) is 62.7 Å². The van der Waals surface area contributed by atoms with Gasteiger partial charge in [0.15, 0.2) is 0 Å². The number of aliphatic hydroxyl groups is 1. The molecular weight excluding hydrogens is 512 g/mol. The summed E-state index contributed by atoms with van der Waals surface area (Å²) in [5.41, 5.74) is 2.12. The SMILES string of the molecule is CC(C)c1c(S(=O)(=O)Cl)c(-c2ccc(F)cc2)c(-c2ccc(F)cc2)n1CC[C@@H]1C[C@@H](O)CC(=O)O1. The lowest BCUT2D eigenvalue weighted by atomic mass is 10.00. The summed E-state index contributed by atoms with van der Waals surface area (Å²) in [5.74, 6) is -1.75. The predicted molar refractivity (Wildman–Crippen MR) is 132 cm³/mol. The Morgan fingerprint density at radius 1 is 1.06 bits per heavy atom. The molecule has 1 aromatic heterocycles. The lowest BCUT2D eigenvalue weighted by Gasteiger charge is -2.27. The molecule has 0 unspecified atom stereocenters. The quantitative estimate of drug-likeness (QED) is 0.313. The molecule has 10 heteroatoms. The Kier molecular flexibility index (Phi) is 7.54. The maximum Gasteiger partial charge on any atom is 0.308 e. The maximum absolute atomic E-state index is 13.8. The third kappa shape index (κ3) is 5.48. The summed E-state index contributed by atoms with van der Waals surface area (Å²) in [4.78, 5) is 11.7. The van der Waals surface area contributed by atoms with E-state index in [1.54, 1.807) is 4.57 Å². The molecule has 4 rings (SSSR count). The zero-order chi connectivity index (χ0) is 26.2. The Bertz CT molecular complexity index is 1370. The van der Waals surface area contributed by atoms with Gasteiger partial charge < -0.3 is 14.4 Å². The van der Waals surface area contributed by atoms with E-state index < -0.39 is 38.9 Å². The summed E-state index contributed by atoms with van der Waals surface area (Å²) in [5, 5.41) is 10.0. The molecule has 0 amide bonds. The van der Waals surface area contributed by atoms with Gasteiger partial charge in [-0.3, -0.25) is 4.79 Å². The van der Waals surface area contributed by atoms with Crippen LogP contribution >= 0.6 is 10.7 Å². The van der Waals surface area contributed by atoms with Gasteiger partial charge in [0.1, 0.15) is 22.6 Å². The van der Waals surface area contributed by atoms with Gasteiger partial charge in [-0.05, 0) is 53.4 Å². The molecule has 0 spiro atoms. The molecule has 1 fully saturated rings. The highest BCUT2D eigenvalue weighted by Crippen LogP contribution is 2.45. The van der Waals surface area contributed by atoms with E-state index in [1.165, 1.54) is 48.5 Å². The van der Waals surface area contributed by atoms with E-state index in [0.29, 0.717) is 28.9 Å². The van der Waals surface area contributed by atoms with Crippen LogP contribution in [0.15, 0.2) is 53.4 Å². The van der Waals surface area contributed by atoms with Crippen LogP contribution in [0.5, 0.6) is 0 Å². The number of ether oxygens (including phenoxy) is 1. The van der Waals surface area contributed by atoms with Gasteiger partial charge in [0.05, 0.1) is 18.2 Å². The van der Waals surface area contributed by atoms with Crippen molar-refractivity contribution >= 4 is 25.7 Å². The minimum Gasteiger partial charge on any atom is -0.462 e. The van der Waals surface area contributed by atoms with Gasteiger partial charge in [-0.25, -0.2) is 17.2 Å². The molecule has 192 valence electrons. The summed E-state index contributed by atoms with van der Waals surface area (Å²) >= 11 is 0. The van der Waals surface area contributed by atoms with Gasteiger partial charge in [0.25, 0.3) is 9.05 Å². The molecule has 2 heterocycles. The smallest absolute Gasteiger partial charge is 0.308 e. The van der Waals surface area contributed by atoms with Crippen LogP contribution in [0.1, 0.15) is 44.7 Å². The van der Waals surface area contributed by atoms with Gasteiger partial charge >= 0.3 is 5.97 Å². The Labute approximate surface area is 212 Å². The summed E-state index contributed by atoms with van der Waals surface area (Å²) < 4.78 is 60.7. The molecule has 0 bridgehead atoms. The fourth-order valence-corrected chi connectivity index (χ4v) is 6.29. The molecule has 1 aliphatic heterocycles. The van der Waals surface area contributed by atoms with E-state index >= 15 is 0 Å². The fraction of sp³-hybridized carbons (Fsp3) is 0.346. The van der Waals surface area contributed by atoms with Gasteiger partial charge in [-0.15, -0.1) is 0 Å². The number of rotatable bonds is 7. The molecule has 1 N–H and O–H groups in total. The number of nitrogens with zero attached hydrogens (tertiary/aromatic N) is 1. The number of carbonyl (C=O) groups is 1.